The molecular weight excluding hydrogens is 354 g/mol. The van der Waals surface area contributed by atoms with E-state index in [0.29, 0.717) is 0 Å². The van der Waals surface area contributed by atoms with Gasteiger partial charge >= 0.3 is 0 Å². The highest BCUT2D eigenvalue weighted by Gasteiger charge is 2.50. The predicted octanol–water partition coefficient (Wildman–Crippen LogP) is 7.16. The fourth-order valence-electron chi connectivity index (χ4n) is 3.21. The second kappa shape index (κ2) is 7.42. The van der Waals surface area contributed by atoms with E-state index in [4.69, 9.17) is 9.05 Å². The van der Waals surface area contributed by atoms with Gasteiger partial charge in [-0.25, -0.2) is 0 Å². The highest BCUT2D eigenvalue weighted by Crippen LogP contribution is 2.69. The smallest absolute Gasteiger partial charge is 0.213 e. The van der Waals surface area contributed by atoms with Gasteiger partial charge in [-0.2, -0.15) is 0 Å². The maximum Gasteiger partial charge on any atom is 0.213 e. The third kappa shape index (κ3) is 5.44. The maximum absolute atomic E-state index is 13.6. The van der Waals surface area contributed by atoms with E-state index in [-0.39, 0.29) is 6.61 Å². The molecule has 0 radical (unpaired) electrons. The monoisotopic (exact) mass is 396 g/mol. The van der Waals surface area contributed by atoms with Gasteiger partial charge in [0.2, 0.25) is 14.7 Å². The molecule has 0 spiro atoms. The van der Waals surface area contributed by atoms with Crippen LogP contribution in [0.5, 0.6) is 0 Å². The van der Waals surface area contributed by atoms with Crippen molar-refractivity contribution >= 4 is 14.7 Å². The summed E-state index contributed by atoms with van der Waals surface area (Å²) in [6.07, 6.45) is -0.401. The van der Waals surface area contributed by atoms with E-state index in [1.54, 1.807) is 0 Å². The molecule has 0 saturated carbocycles. The lowest BCUT2D eigenvalue weighted by molar-refractivity contribution is 0.131. The highest BCUT2D eigenvalue weighted by atomic mass is 31.2. The van der Waals surface area contributed by atoms with Crippen LogP contribution in [0, 0.1) is 0 Å². The van der Waals surface area contributed by atoms with Crippen LogP contribution in [0.3, 0.4) is 0 Å². The molecule has 0 fully saturated rings. The van der Waals surface area contributed by atoms with Crippen molar-refractivity contribution in [3.8, 4) is 0 Å². The Bertz CT molecular complexity index is 504. The predicted molar refractivity (Wildman–Crippen MR) is 111 cm³/mol. The van der Waals surface area contributed by atoms with Gasteiger partial charge in [0, 0.05) is 20.6 Å². The molecule has 0 heterocycles. The van der Waals surface area contributed by atoms with Crippen LogP contribution in [-0.2, 0) is 18.2 Å². The van der Waals surface area contributed by atoms with E-state index in [9.17, 15) is 9.13 Å². The van der Waals surface area contributed by atoms with Crippen molar-refractivity contribution in [3.05, 3.63) is 0 Å². The van der Waals surface area contributed by atoms with Crippen LogP contribution in [0.15, 0.2) is 0 Å². The second-order valence-corrected chi connectivity index (χ2v) is 19.0. The first-order valence-corrected chi connectivity index (χ1v) is 12.4. The minimum atomic E-state index is -2.98. The van der Waals surface area contributed by atoms with Crippen LogP contribution >= 0.6 is 14.7 Å². The molecule has 0 aliphatic heterocycles. The summed E-state index contributed by atoms with van der Waals surface area (Å²) >= 11 is 0. The van der Waals surface area contributed by atoms with Crippen molar-refractivity contribution in [2.75, 3.05) is 6.61 Å². The van der Waals surface area contributed by atoms with Gasteiger partial charge in [0.1, 0.15) is 0 Å². The first-order chi connectivity index (χ1) is 10.6. The molecule has 1 unspecified atom stereocenters. The number of rotatable bonds is 5. The first-order valence-electron chi connectivity index (χ1n) is 9.13. The van der Waals surface area contributed by atoms with Gasteiger partial charge < -0.3 is 9.05 Å². The van der Waals surface area contributed by atoms with Gasteiger partial charge in [-0.05, 0) is 6.92 Å². The van der Waals surface area contributed by atoms with E-state index in [2.05, 4.69) is 0 Å². The summed E-state index contributed by atoms with van der Waals surface area (Å²) < 4.78 is 39.3. The molecule has 0 aliphatic rings. The quantitative estimate of drug-likeness (QED) is 0.463. The average molecular weight is 396 g/mol. The first kappa shape index (κ1) is 25.4. The molecule has 6 heteroatoms. The van der Waals surface area contributed by atoms with Crippen molar-refractivity contribution in [1.29, 1.82) is 0 Å². The summed E-state index contributed by atoms with van der Waals surface area (Å²) in [6, 6.07) is 0. The van der Waals surface area contributed by atoms with Gasteiger partial charge in [0.25, 0.3) is 0 Å². The summed E-state index contributed by atoms with van der Waals surface area (Å²) in [7, 11) is -5.93. The Kier molecular flexibility index (Phi) is 7.53. The molecule has 0 amide bonds. The molecule has 0 aromatic heterocycles. The molecule has 0 saturated heterocycles. The lowest BCUT2D eigenvalue weighted by Gasteiger charge is -2.43. The van der Waals surface area contributed by atoms with Crippen molar-refractivity contribution in [3.63, 3.8) is 0 Å². The molecule has 0 aromatic rings. The van der Waals surface area contributed by atoms with Crippen LogP contribution in [0.1, 0.15) is 90.0 Å². The van der Waals surface area contributed by atoms with Crippen LogP contribution in [0.4, 0.5) is 0 Å². The Hall–Kier alpha value is 0.380. The zero-order valence-corrected chi connectivity index (χ0v) is 20.6. The lowest BCUT2D eigenvalue weighted by atomic mass is 10.2. The van der Waals surface area contributed by atoms with Crippen molar-refractivity contribution in [2.24, 2.45) is 0 Å². The molecular formula is C19H42O4P2. The van der Waals surface area contributed by atoms with Crippen molar-refractivity contribution in [1.82, 2.24) is 0 Å². The van der Waals surface area contributed by atoms with Crippen LogP contribution < -0.4 is 0 Å². The average Bonchev–Trinajstić information content (AvgIpc) is 2.30. The summed E-state index contributed by atoms with van der Waals surface area (Å²) in [4.78, 5) is 0. The third-order valence-corrected chi connectivity index (χ3v) is 12.6. The Morgan fingerprint density at radius 3 is 1.16 bits per heavy atom. The number of hydrogen-bond donors (Lipinski definition) is 0. The second-order valence-electron chi connectivity index (χ2n) is 11.0. The molecule has 0 bridgehead atoms. The van der Waals surface area contributed by atoms with Gasteiger partial charge in [-0.3, -0.25) is 9.13 Å². The lowest BCUT2D eigenvalue weighted by Crippen LogP contribution is -2.34. The number of hydrogen-bond acceptors (Lipinski definition) is 4. The zero-order valence-electron chi connectivity index (χ0n) is 18.8. The molecule has 0 N–H and O–H groups in total. The molecule has 1 atom stereocenters. The van der Waals surface area contributed by atoms with Crippen LogP contribution in [0.2, 0.25) is 0 Å². The normalized spacial score (nSPS) is 16.8. The highest BCUT2D eigenvalue weighted by molar-refractivity contribution is 7.62. The maximum atomic E-state index is 13.6. The Labute approximate surface area is 156 Å². The zero-order chi connectivity index (χ0) is 20.7. The Morgan fingerprint density at radius 2 is 0.920 bits per heavy atom. The van der Waals surface area contributed by atoms with Crippen molar-refractivity contribution < 1.29 is 18.2 Å². The summed E-state index contributed by atoms with van der Waals surface area (Å²) in [5, 5.41) is -1.89. The minimum absolute atomic E-state index is 0.169. The SMILES string of the molecule is CC(COP(=O)(C(C)(C)C)C(C)(C)C)OP(=O)(C(C)(C)C)C(C)(C)C. The Morgan fingerprint density at radius 1 is 0.640 bits per heavy atom. The largest absolute Gasteiger partial charge is 0.325 e. The summed E-state index contributed by atoms with van der Waals surface area (Å²) in [5.41, 5.74) is 0. The molecule has 152 valence electrons. The van der Waals surface area contributed by atoms with E-state index in [1.807, 2.05) is 90.0 Å². The molecule has 25 heavy (non-hydrogen) atoms. The van der Waals surface area contributed by atoms with Crippen LogP contribution in [-0.4, -0.2) is 33.3 Å². The summed E-state index contributed by atoms with van der Waals surface area (Å²) in [5.74, 6) is 0. The van der Waals surface area contributed by atoms with E-state index >= 15 is 0 Å². The standard InChI is InChI=1S/C19H42O4P2/c1-15(23-25(21,18(8,9)10)19(11,12)13)14-22-24(20,16(2,3)4)17(5,6)7/h15H,14H2,1-13H3. The molecule has 4 nitrogen and oxygen atoms in total. The molecule has 0 rings (SSSR count). The van der Waals surface area contributed by atoms with E-state index < -0.39 is 41.5 Å². The third-order valence-electron chi connectivity index (χ3n) is 4.35. The molecule has 0 aromatic carbocycles. The minimum Gasteiger partial charge on any atom is -0.325 e. The summed E-state index contributed by atoms with van der Waals surface area (Å²) in [6.45, 7) is 25.4. The topological polar surface area (TPSA) is 52.6 Å². The fraction of sp³-hybridized carbons (Fsp3) is 1.00. The fourth-order valence-corrected chi connectivity index (χ4v) is 9.63. The van der Waals surface area contributed by atoms with Crippen LogP contribution in [0.25, 0.3) is 0 Å². The van der Waals surface area contributed by atoms with Gasteiger partial charge in [0.05, 0.1) is 12.7 Å². The van der Waals surface area contributed by atoms with Gasteiger partial charge in [-0.15, -0.1) is 0 Å². The van der Waals surface area contributed by atoms with Gasteiger partial charge in [-0.1, -0.05) is 83.1 Å². The van der Waals surface area contributed by atoms with Gasteiger partial charge in [0.15, 0.2) is 0 Å². The molecule has 0 aliphatic carbocycles. The van der Waals surface area contributed by atoms with E-state index in [1.165, 1.54) is 0 Å². The van der Waals surface area contributed by atoms with E-state index in [0.717, 1.165) is 0 Å². The van der Waals surface area contributed by atoms with Crippen molar-refractivity contribution in [2.45, 2.75) is 117 Å². The Balaban J connectivity index is 5.46.